The molecule has 0 aliphatic heterocycles. The second kappa shape index (κ2) is 7.91. The van der Waals surface area contributed by atoms with Crippen molar-refractivity contribution in [3.05, 3.63) is 53.4 Å². The lowest BCUT2D eigenvalue weighted by molar-refractivity contribution is -0.156. The number of ether oxygens (including phenoxy) is 2. The number of carbonyl (C=O) groups is 1. The van der Waals surface area contributed by atoms with E-state index in [1.54, 1.807) is 13.0 Å². The molecule has 1 aromatic heterocycles. The quantitative estimate of drug-likeness (QED) is 0.552. The molecule has 0 saturated carbocycles. The Morgan fingerprint density at radius 3 is 2.86 bits per heavy atom. The minimum Gasteiger partial charge on any atom is -0.457 e. The van der Waals surface area contributed by atoms with Gasteiger partial charge in [0.1, 0.15) is 18.6 Å². The van der Waals surface area contributed by atoms with E-state index >= 15 is 0 Å². The monoisotopic (exact) mass is 365 g/mol. The Bertz CT molecular complexity index is 636. The van der Waals surface area contributed by atoms with E-state index < -0.39 is 12.1 Å². The third-order valence-corrected chi connectivity index (χ3v) is 3.33. The minimum absolute atomic E-state index is 0.0423. The van der Waals surface area contributed by atoms with Crippen molar-refractivity contribution < 1.29 is 18.7 Å². The number of oxazole rings is 1. The average molecular weight is 366 g/mol. The molecule has 0 fully saturated rings. The van der Waals surface area contributed by atoms with Crippen LogP contribution in [-0.4, -0.2) is 23.7 Å². The molecule has 116 valence electrons. The molecule has 0 bridgehead atoms. The van der Waals surface area contributed by atoms with Gasteiger partial charge < -0.3 is 13.9 Å². The Labute approximate surface area is 137 Å². The van der Waals surface area contributed by atoms with E-state index in [9.17, 15) is 4.79 Å². The van der Waals surface area contributed by atoms with Crippen LogP contribution in [0.4, 0.5) is 0 Å². The summed E-state index contributed by atoms with van der Waals surface area (Å²) >= 11 is 3.37. The van der Waals surface area contributed by atoms with E-state index in [0.717, 1.165) is 10.0 Å². The van der Waals surface area contributed by atoms with Gasteiger partial charge in [0, 0.05) is 10.0 Å². The lowest BCUT2D eigenvalue weighted by Crippen LogP contribution is -2.23. The number of benzene rings is 1. The van der Waals surface area contributed by atoms with Crippen molar-refractivity contribution in [3.63, 3.8) is 0 Å². The maximum atomic E-state index is 11.7. The predicted molar refractivity (Wildman–Crippen MR) is 85.0 cm³/mol. The highest BCUT2D eigenvalue weighted by Crippen LogP contribution is 2.21. The summed E-state index contributed by atoms with van der Waals surface area (Å²) in [4.78, 5) is 16.0. The highest BCUT2D eigenvalue weighted by molar-refractivity contribution is 9.10. The number of halogens is 1. The maximum absolute atomic E-state index is 11.7. The summed E-state index contributed by atoms with van der Waals surface area (Å²) in [6, 6.07) is 7.57. The molecule has 2 rings (SSSR count). The number of aromatic nitrogens is 1. The van der Waals surface area contributed by atoms with E-state index in [0.29, 0.717) is 18.2 Å². The van der Waals surface area contributed by atoms with Crippen LogP contribution in [0.25, 0.3) is 11.5 Å². The standard InChI is InChI=1S/C16H16BrNO4/c1-3-8-20-11(2)16(19)22-10-14-9-21-15(18-14)12-4-6-13(17)7-5-12/h3-7,9,11H,1,8,10H2,2H3. The molecule has 1 atom stereocenters. The number of hydrogen-bond donors (Lipinski definition) is 0. The summed E-state index contributed by atoms with van der Waals surface area (Å²) in [7, 11) is 0. The number of nitrogens with zero attached hydrogens (tertiary/aromatic N) is 1. The largest absolute Gasteiger partial charge is 0.457 e. The zero-order chi connectivity index (χ0) is 15.9. The molecule has 0 radical (unpaired) electrons. The topological polar surface area (TPSA) is 61.6 Å². The zero-order valence-corrected chi connectivity index (χ0v) is 13.7. The van der Waals surface area contributed by atoms with Gasteiger partial charge in [-0.3, -0.25) is 0 Å². The van der Waals surface area contributed by atoms with Crippen molar-refractivity contribution in [2.45, 2.75) is 19.6 Å². The normalized spacial score (nSPS) is 11.9. The van der Waals surface area contributed by atoms with E-state index in [4.69, 9.17) is 13.9 Å². The summed E-state index contributed by atoms with van der Waals surface area (Å²) < 4.78 is 16.7. The van der Waals surface area contributed by atoms with Crippen molar-refractivity contribution in [1.29, 1.82) is 0 Å². The Kier molecular flexibility index (Phi) is 5.91. The molecule has 0 saturated heterocycles. The van der Waals surface area contributed by atoms with E-state index in [1.165, 1.54) is 6.26 Å². The lowest BCUT2D eigenvalue weighted by Gasteiger charge is -2.10. The van der Waals surface area contributed by atoms with Gasteiger partial charge in [0.05, 0.1) is 6.61 Å². The molecule has 1 heterocycles. The number of carbonyl (C=O) groups excluding carboxylic acids is 1. The number of esters is 1. The second-order valence-corrected chi connectivity index (χ2v) is 5.44. The summed E-state index contributed by atoms with van der Waals surface area (Å²) in [5.74, 6) is 0.0320. The van der Waals surface area contributed by atoms with Crippen LogP contribution in [0.1, 0.15) is 12.6 Å². The van der Waals surface area contributed by atoms with Crippen LogP contribution in [-0.2, 0) is 20.9 Å². The molecule has 0 aliphatic rings. The Hall–Kier alpha value is -1.92. The van der Waals surface area contributed by atoms with Gasteiger partial charge in [-0.15, -0.1) is 6.58 Å². The fraction of sp³-hybridized carbons (Fsp3) is 0.250. The number of hydrogen-bond acceptors (Lipinski definition) is 5. The van der Waals surface area contributed by atoms with E-state index in [-0.39, 0.29) is 6.61 Å². The van der Waals surface area contributed by atoms with Crippen LogP contribution in [0.2, 0.25) is 0 Å². The highest BCUT2D eigenvalue weighted by atomic mass is 79.9. The van der Waals surface area contributed by atoms with E-state index in [1.807, 2.05) is 24.3 Å². The fourth-order valence-electron chi connectivity index (χ4n) is 1.64. The van der Waals surface area contributed by atoms with Gasteiger partial charge >= 0.3 is 5.97 Å². The summed E-state index contributed by atoms with van der Waals surface area (Å²) in [5, 5.41) is 0. The molecule has 0 amide bonds. The minimum atomic E-state index is -0.643. The first-order valence-electron chi connectivity index (χ1n) is 6.69. The average Bonchev–Trinajstić information content (AvgIpc) is 2.99. The second-order valence-electron chi connectivity index (χ2n) is 4.52. The molecule has 0 aliphatic carbocycles. The van der Waals surface area contributed by atoms with E-state index in [2.05, 4.69) is 27.5 Å². The van der Waals surface area contributed by atoms with Gasteiger partial charge in [0.2, 0.25) is 5.89 Å². The van der Waals surface area contributed by atoms with Gasteiger partial charge in [-0.25, -0.2) is 9.78 Å². The summed E-state index contributed by atoms with van der Waals surface area (Å²) in [6.45, 7) is 5.49. The van der Waals surface area contributed by atoms with Crippen molar-refractivity contribution in [3.8, 4) is 11.5 Å². The maximum Gasteiger partial charge on any atom is 0.335 e. The van der Waals surface area contributed by atoms with Gasteiger partial charge in [0.15, 0.2) is 6.10 Å². The predicted octanol–water partition coefficient (Wildman–Crippen LogP) is 3.74. The molecule has 6 heteroatoms. The van der Waals surface area contributed by atoms with Crippen LogP contribution in [0.3, 0.4) is 0 Å². The van der Waals surface area contributed by atoms with Gasteiger partial charge in [0.25, 0.3) is 0 Å². The fourth-order valence-corrected chi connectivity index (χ4v) is 1.91. The lowest BCUT2D eigenvalue weighted by atomic mass is 10.2. The van der Waals surface area contributed by atoms with Crippen molar-refractivity contribution in [2.75, 3.05) is 6.61 Å². The molecular weight excluding hydrogens is 350 g/mol. The molecule has 2 aromatic rings. The summed E-state index contributed by atoms with van der Waals surface area (Å²) in [6.07, 6.45) is 2.40. The van der Waals surface area contributed by atoms with Crippen LogP contribution in [0.5, 0.6) is 0 Å². The van der Waals surface area contributed by atoms with Gasteiger partial charge in [-0.1, -0.05) is 22.0 Å². The summed E-state index contributed by atoms with van der Waals surface area (Å²) in [5.41, 5.74) is 1.39. The van der Waals surface area contributed by atoms with Crippen molar-refractivity contribution in [2.24, 2.45) is 0 Å². The molecule has 5 nitrogen and oxygen atoms in total. The van der Waals surface area contributed by atoms with Gasteiger partial charge in [-0.2, -0.15) is 0 Å². The third-order valence-electron chi connectivity index (χ3n) is 2.80. The van der Waals surface area contributed by atoms with Crippen LogP contribution in [0, 0.1) is 0 Å². The van der Waals surface area contributed by atoms with Gasteiger partial charge in [-0.05, 0) is 31.2 Å². The Morgan fingerprint density at radius 2 is 2.18 bits per heavy atom. The molecule has 1 unspecified atom stereocenters. The van der Waals surface area contributed by atoms with Crippen LogP contribution in [0.15, 0.2) is 52.1 Å². The SMILES string of the molecule is C=CCOC(C)C(=O)OCc1coc(-c2ccc(Br)cc2)n1. The van der Waals surface area contributed by atoms with Crippen molar-refractivity contribution in [1.82, 2.24) is 4.98 Å². The first kappa shape index (κ1) is 16.5. The smallest absolute Gasteiger partial charge is 0.335 e. The van der Waals surface area contributed by atoms with Crippen molar-refractivity contribution >= 4 is 21.9 Å². The number of rotatable bonds is 7. The third kappa shape index (κ3) is 4.54. The molecule has 22 heavy (non-hydrogen) atoms. The molecule has 1 aromatic carbocycles. The molecular formula is C16H16BrNO4. The molecule has 0 N–H and O–H groups in total. The van der Waals surface area contributed by atoms with Crippen LogP contribution >= 0.6 is 15.9 Å². The first-order chi connectivity index (χ1) is 10.6. The first-order valence-corrected chi connectivity index (χ1v) is 7.49. The molecule has 0 spiro atoms. The zero-order valence-electron chi connectivity index (χ0n) is 12.1. The van der Waals surface area contributed by atoms with Crippen LogP contribution < -0.4 is 0 Å². The highest BCUT2D eigenvalue weighted by Gasteiger charge is 2.15. The Morgan fingerprint density at radius 1 is 1.45 bits per heavy atom. The Balaban J connectivity index is 1.91.